The van der Waals surface area contributed by atoms with Crippen molar-refractivity contribution >= 4 is 27.6 Å². The van der Waals surface area contributed by atoms with Gasteiger partial charge >= 0.3 is 0 Å². The Hall–Kier alpha value is -4.10. The Labute approximate surface area is 187 Å². The molecule has 32 heavy (non-hydrogen) atoms. The number of para-hydroxylation sites is 3. The first kappa shape index (κ1) is 19.8. The third-order valence-corrected chi connectivity index (χ3v) is 6.23. The van der Waals surface area contributed by atoms with Gasteiger partial charge in [-0.05, 0) is 38.1 Å². The number of aryl methyl sites for hydroxylation is 3. The molecule has 4 heteroatoms. The largest absolute Gasteiger partial charge is 0.240 e. The van der Waals surface area contributed by atoms with Crippen molar-refractivity contribution in [2.75, 3.05) is 0 Å². The highest BCUT2D eigenvalue weighted by molar-refractivity contribution is 5.79. The third-order valence-electron chi connectivity index (χ3n) is 6.23. The van der Waals surface area contributed by atoms with Crippen LogP contribution in [0.15, 0.2) is 72.8 Å². The molecule has 0 spiro atoms. The van der Waals surface area contributed by atoms with E-state index in [0.29, 0.717) is 5.69 Å². The molecule has 0 bridgehead atoms. The number of hydrogen-bond acceptors (Lipinski definition) is 1. The van der Waals surface area contributed by atoms with E-state index in [1.807, 2.05) is 37.3 Å². The van der Waals surface area contributed by atoms with Crippen LogP contribution in [-0.2, 0) is 7.05 Å². The smallest absolute Gasteiger partial charge is 0.233 e. The first-order valence-corrected chi connectivity index (χ1v) is 10.7. The predicted molar refractivity (Wildman–Crippen MR) is 128 cm³/mol. The van der Waals surface area contributed by atoms with Gasteiger partial charge in [0.15, 0.2) is 11.4 Å². The second kappa shape index (κ2) is 7.55. The van der Waals surface area contributed by atoms with Gasteiger partial charge in [0, 0.05) is 47.7 Å². The molecule has 3 aromatic carbocycles. The van der Waals surface area contributed by atoms with Crippen LogP contribution in [0.2, 0.25) is 0 Å². The quantitative estimate of drug-likeness (QED) is 0.270. The Morgan fingerprint density at radius 2 is 1.56 bits per heavy atom. The van der Waals surface area contributed by atoms with Gasteiger partial charge in [-0.15, -0.1) is 0 Å². The molecule has 0 saturated heterocycles. The molecule has 0 N–H and O–H groups in total. The number of aromatic nitrogens is 3. The summed E-state index contributed by atoms with van der Waals surface area (Å²) in [6, 6.07) is 24.8. The molecule has 2 heterocycles. The van der Waals surface area contributed by atoms with E-state index in [-0.39, 0.29) is 0 Å². The second-order valence-electron chi connectivity index (χ2n) is 8.21. The van der Waals surface area contributed by atoms with Crippen LogP contribution in [0.1, 0.15) is 17.0 Å². The predicted octanol–water partition coefficient (Wildman–Crippen LogP) is 5.63. The van der Waals surface area contributed by atoms with Crippen LogP contribution in [0.25, 0.3) is 43.7 Å². The van der Waals surface area contributed by atoms with Crippen LogP contribution in [-0.4, -0.2) is 4.98 Å². The van der Waals surface area contributed by atoms with Crippen LogP contribution >= 0.6 is 0 Å². The minimum absolute atomic E-state index is 0.619. The monoisotopic (exact) mass is 416 g/mol. The van der Waals surface area contributed by atoms with Crippen LogP contribution in [0.4, 0.5) is 5.69 Å². The molecule has 0 atom stereocenters. The maximum atomic E-state index is 7.78. The van der Waals surface area contributed by atoms with Crippen molar-refractivity contribution < 1.29 is 9.13 Å². The molecule has 5 rings (SSSR count). The van der Waals surface area contributed by atoms with Crippen LogP contribution < -0.4 is 9.13 Å². The topological polar surface area (TPSA) is 25.0 Å². The molecule has 0 aliphatic rings. The fourth-order valence-electron chi connectivity index (χ4n) is 4.67. The summed E-state index contributed by atoms with van der Waals surface area (Å²) in [5.74, 6) is 0. The van der Waals surface area contributed by atoms with E-state index in [9.17, 15) is 0 Å². The van der Waals surface area contributed by atoms with Gasteiger partial charge in [-0.1, -0.05) is 24.3 Å². The summed E-state index contributed by atoms with van der Waals surface area (Å²) >= 11 is 0. The highest BCUT2D eigenvalue weighted by Crippen LogP contribution is 2.32. The molecule has 0 aliphatic heterocycles. The van der Waals surface area contributed by atoms with Gasteiger partial charge in [-0.25, -0.2) is 9.83 Å². The molecule has 0 fully saturated rings. The lowest BCUT2D eigenvalue weighted by Crippen LogP contribution is -2.37. The molecule has 0 unspecified atom stereocenters. The van der Waals surface area contributed by atoms with Crippen molar-refractivity contribution in [1.29, 1.82) is 0 Å². The van der Waals surface area contributed by atoms with E-state index in [1.54, 1.807) is 0 Å². The fraction of sp³-hybridized carbons (Fsp3) is 0.143. The van der Waals surface area contributed by atoms with E-state index in [1.165, 1.54) is 5.39 Å². The summed E-state index contributed by atoms with van der Waals surface area (Å²) in [7, 11) is 2.08. The molecule has 0 radical (unpaired) electrons. The first-order chi connectivity index (χ1) is 15.5. The molecular weight excluding hydrogens is 392 g/mol. The lowest BCUT2D eigenvalue weighted by Gasteiger charge is -2.12. The first-order valence-electron chi connectivity index (χ1n) is 10.7. The number of pyridine rings is 1. The second-order valence-corrected chi connectivity index (χ2v) is 8.21. The van der Waals surface area contributed by atoms with Gasteiger partial charge in [0.1, 0.15) is 18.3 Å². The van der Waals surface area contributed by atoms with E-state index < -0.39 is 0 Å². The summed E-state index contributed by atoms with van der Waals surface area (Å²) in [6.07, 6.45) is 0. The fourth-order valence-corrected chi connectivity index (χ4v) is 4.67. The van der Waals surface area contributed by atoms with E-state index >= 15 is 0 Å². The van der Waals surface area contributed by atoms with Crippen molar-refractivity contribution in [2.24, 2.45) is 7.05 Å². The highest BCUT2D eigenvalue weighted by Gasteiger charge is 2.27. The summed E-state index contributed by atoms with van der Waals surface area (Å²) in [6.45, 7) is 14.1. The summed E-state index contributed by atoms with van der Waals surface area (Å²) < 4.78 is 4.45. The Morgan fingerprint density at radius 1 is 0.844 bits per heavy atom. The minimum Gasteiger partial charge on any atom is -0.240 e. The number of nitrogens with zero attached hydrogens (tertiary/aromatic N) is 4. The Balaban J connectivity index is 1.88. The molecule has 0 saturated carbocycles. The molecule has 154 valence electrons. The van der Waals surface area contributed by atoms with Crippen molar-refractivity contribution in [1.82, 2.24) is 4.98 Å². The van der Waals surface area contributed by atoms with E-state index in [4.69, 9.17) is 11.6 Å². The average molecular weight is 417 g/mol. The summed E-state index contributed by atoms with van der Waals surface area (Å²) in [5, 5.41) is 1.17. The summed E-state index contributed by atoms with van der Waals surface area (Å²) in [5.41, 5.74) is 10.1. The zero-order chi connectivity index (χ0) is 22.4. The maximum absolute atomic E-state index is 7.78. The van der Waals surface area contributed by atoms with Gasteiger partial charge in [0.25, 0.3) is 0 Å². The third kappa shape index (κ3) is 3.02. The Morgan fingerprint density at radius 3 is 2.34 bits per heavy atom. The Bertz CT molecular complexity index is 1580. The van der Waals surface area contributed by atoms with E-state index in [0.717, 1.165) is 50.4 Å². The number of benzene rings is 3. The Kier molecular flexibility index (Phi) is 4.68. The molecule has 5 aromatic rings. The van der Waals surface area contributed by atoms with Crippen molar-refractivity contribution in [3.05, 3.63) is 101 Å². The van der Waals surface area contributed by atoms with Crippen LogP contribution in [0.5, 0.6) is 0 Å². The van der Waals surface area contributed by atoms with Crippen LogP contribution in [0.3, 0.4) is 0 Å². The minimum atomic E-state index is 0.619. The standard InChI is InChI=1S/C28H24N4/c1-18-14-15-21-10-6-8-12-25(21)32(18)27-17-22(29-4)16-23(19(27)2)28-20(3)30-24-11-7-9-13-26(24)31(28)5/h6-17H,1-3,5H3/q+2. The van der Waals surface area contributed by atoms with Gasteiger partial charge in [0.2, 0.25) is 22.4 Å². The SMILES string of the molecule is [C-]#[N+]c1cc(-c2c(C)nc3ccccc3[n+]2C)c(C)c(-[n+]2c(C)ccc3ccccc32)c1. The van der Waals surface area contributed by atoms with Gasteiger partial charge in [-0.3, -0.25) is 0 Å². The highest BCUT2D eigenvalue weighted by atomic mass is 15.0. The van der Waals surface area contributed by atoms with Gasteiger partial charge in [0.05, 0.1) is 6.57 Å². The number of rotatable bonds is 2. The molecular formula is C28H24N4+2. The zero-order valence-electron chi connectivity index (χ0n) is 18.7. The lowest BCUT2D eigenvalue weighted by atomic mass is 9.99. The maximum Gasteiger partial charge on any atom is 0.233 e. The summed E-state index contributed by atoms with van der Waals surface area (Å²) in [4.78, 5) is 8.70. The van der Waals surface area contributed by atoms with Gasteiger partial charge < -0.3 is 0 Å². The van der Waals surface area contributed by atoms with E-state index in [2.05, 4.69) is 77.3 Å². The molecule has 4 nitrogen and oxygen atoms in total. The van der Waals surface area contributed by atoms with Crippen molar-refractivity contribution in [3.63, 3.8) is 0 Å². The normalized spacial score (nSPS) is 11.1. The van der Waals surface area contributed by atoms with Crippen molar-refractivity contribution in [2.45, 2.75) is 20.8 Å². The average Bonchev–Trinajstić information content (AvgIpc) is 2.80. The number of hydrogen-bond donors (Lipinski definition) is 0. The van der Waals surface area contributed by atoms with Crippen LogP contribution in [0, 0.1) is 27.3 Å². The molecule has 0 amide bonds. The molecule has 0 aliphatic carbocycles. The molecule has 2 aromatic heterocycles. The lowest BCUT2D eigenvalue weighted by molar-refractivity contribution is -0.634. The number of fused-ring (bicyclic) bond motifs is 2. The van der Waals surface area contributed by atoms with Gasteiger partial charge in [-0.2, -0.15) is 9.13 Å². The zero-order valence-corrected chi connectivity index (χ0v) is 18.7. The van der Waals surface area contributed by atoms with Crippen molar-refractivity contribution in [3.8, 4) is 16.9 Å².